The second-order valence-corrected chi connectivity index (χ2v) is 2.41. The molecule has 0 spiro atoms. The molecule has 1 aromatic carbocycles. The molecule has 0 N–H and O–H groups in total. The maximum Gasteiger partial charge on any atom is 0.336 e. The summed E-state index contributed by atoms with van der Waals surface area (Å²) in [5, 5.41) is 9.84. The lowest BCUT2D eigenvalue weighted by Crippen LogP contribution is -2.12. The third-order valence-electron chi connectivity index (χ3n) is 1.58. The molecule has 82 valence electrons. The largest absolute Gasteiger partial charge is 0.336 e. The van der Waals surface area contributed by atoms with Gasteiger partial charge in [-0.3, -0.25) is 10.1 Å². The van der Waals surface area contributed by atoms with Gasteiger partial charge in [-0.1, -0.05) is 9.77 Å². The number of nitrogens with zero attached hydrogens (tertiary/aromatic N) is 2. The molecule has 1 rings (SSSR count). The fourth-order valence-corrected chi connectivity index (χ4v) is 0.944. The Balaban J connectivity index is 3.40. The van der Waals surface area contributed by atoms with Crippen LogP contribution in [-0.4, -0.2) is 12.0 Å². The zero-order valence-corrected chi connectivity index (χ0v) is 7.41. The maximum atomic E-state index is 12.9. The lowest BCUT2D eigenvalue weighted by molar-refractivity contribution is -0.387. The van der Waals surface area contributed by atoms with Gasteiger partial charge in [-0.05, 0) is 12.1 Å². The van der Waals surface area contributed by atoms with Crippen molar-refractivity contribution in [1.29, 1.82) is 0 Å². The number of rotatable bonds is 3. The molecule has 0 aliphatic rings. The van der Waals surface area contributed by atoms with Crippen molar-refractivity contribution in [2.45, 2.75) is 0 Å². The molecular formula is C7H5F3N2O3. The van der Waals surface area contributed by atoms with Crippen molar-refractivity contribution in [3.63, 3.8) is 0 Å². The highest BCUT2D eigenvalue weighted by Crippen LogP contribution is 2.32. The summed E-state index contributed by atoms with van der Waals surface area (Å²) in [5.41, 5.74) is -2.14. The standard InChI is InChI=1S/C7H5F3N2O3/c1-15-11(10)5-3-2-4(8)6(9)7(5)12(13)14/h2-3H,1H3. The number of anilines is 1. The van der Waals surface area contributed by atoms with Gasteiger partial charge in [0, 0.05) is 0 Å². The smallest absolute Gasteiger partial charge is 0.258 e. The Bertz CT molecular complexity index is 399. The third-order valence-corrected chi connectivity index (χ3v) is 1.58. The van der Waals surface area contributed by atoms with Crippen molar-refractivity contribution in [2.75, 3.05) is 12.4 Å². The second kappa shape index (κ2) is 4.13. The monoisotopic (exact) mass is 222 g/mol. The Labute approximate surface area is 81.7 Å². The molecule has 0 unspecified atom stereocenters. The highest BCUT2D eigenvalue weighted by molar-refractivity contribution is 5.61. The van der Waals surface area contributed by atoms with E-state index in [1.807, 2.05) is 0 Å². The van der Waals surface area contributed by atoms with Crippen molar-refractivity contribution in [3.05, 3.63) is 33.9 Å². The van der Waals surface area contributed by atoms with E-state index in [0.29, 0.717) is 12.1 Å². The van der Waals surface area contributed by atoms with E-state index in [-0.39, 0.29) is 0 Å². The van der Waals surface area contributed by atoms with E-state index in [9.17, 15) is 23.4 Å². The fraction of sp³-hybridized carbons (Fsp3) is 0.143. The fourth-order valence-electron chi connectivity index (χ4n) is 0.944. The van der Waals surface area contributed by atoms with E-state index < -0.39 is 33.2 Å². The number of nitro benzene ring substituents is 1. The molecule has 0 atom stereocenters. The van der Waals surface area contributed by atoms with Crippen LogP contribution in [0, 0.1) is 21.7 Å². The summed E-state index contributed by atoms with van der Waals surface area (Å²) in [6.45, 7) is 0. The number of hydrogen-bond acceptors (Lipinski definition) is 4. The topological polar surface area (TPSA) is 55.6 Å². The van der Waals surface area contributed by atoms with Crippen LogP contribution in [-0.2, 0) is 4.84 Å². The quantitative estimate of drug-likeness (QED) is 0.446. The molecule has 0 heterocycles. The molecule has 0 amide bonds. The molecule has 0 aliphatic heterocycles. The molecule has 0 aliphatic carbocycles. The van der Waals surface area contributed by atoms with Crippen molar-refractivity contribution >= 4 is 11.4 Å². The number of benzene rings is 1. The van der Waals surface area contributed by atoms with Crippen molar-refractivity contribution in [2.24, 2.45) is 0 Å². The lowest BCUT2D eigenvalue weighted by Gasteiger charge is -2.10. The average molecular weight is 222 g/mol. The van der Waals surface area contributed by atoms with Gasteiger partial charge in [-0.2, -0.15) is 4.39 Å². The van der Waals surface area contributed by atoms with Crippen LogP contribution in [0.5, 0.6) is 0 Å². The third kappa shape index (κ3) is 1.99. The van der Waals surface area contributed by atoms with Crippen LogP contribution in [0.1, 0.15) is 0 Å². The Morgan fingerprint density at radius 3 is 2.53 bits per heavy atom. The number of hydrogen-bond donors (Lipinski definition) is 0. The van der Waals surface area contributed by atoms with Crippen LogP contribution >= 0.6 is 0 Å². The Morgan fingerprint density at radius 1 is 1.47 bits per heavy atom. The van der Waals surface area contributed by atoms with Gasteiger partial charge in [0.2, 0.25) is 5.82 Å². The van der Waals surface area contributed by atoms with Gasteiger partial charge in [-0.25, -0.2) is 9.23 Å². The van der Waals surface area contributed by atoms with E-state index in [0.717, 1.165) is 7.11 Å². The van der Waals surface area contributed by atoms with Crippen LogP contribution in [0.25, 0.3) is 0 Å². The zero-order chi connectivity index (χ0) is 11.6. The predicted octanol–water partition coefficient (Wildman–Crippen LogP) is 2.13. The first-order chi connectivity index (χ1) is 6.99. The van der Waals surface area contributed by atoms with Crippen LogP contribution < -0.4 is 5.29 Å². The molecule has 0 bridgehead atoms. The number of halogens is 3. The second-order valence-electron chi connectivity index (χ2n) is 2.41. The van der Waals surface area contributed by atoms with E-state index in [1.54, 1.807) is 0 Å². The first-order valence-corrected chi connectivity index (χ1v) is 3.61. The van der Waals surface area contributed by atoms with Crippen LogP contribution in [0.2, 0.25) is 0 Å². The zero-order valence-electron chi connectivity index (χ0n) is 7.41. The molecule has 0 fully saturated rings. The summed E-state index contributed by atoms with van der Waals surface area (Å²) in [6, 6.07) is 1.25. The van der Waals surface area contributed by atoms with E-state index in [4.69, 9.17) is 0 Å². The minimum Gasteiger partial charge on any atom is -0.258 e. The molecule has 0 saturated heterocycles. The van der Waals surface area contributed by atoms with Crippen LogP contribution in [0.3, 0.4) is 0 Å². The molecular weight excluding hydrogens is 217 g/mol. The normalized spacial score (nSPS) is 10.1. The maximum absolute atomic E-state index is 12.9. The number of nitro groups is 1. The summed E-state index contributed by atoms with van der Waals surface area (Å²) >= 11 is 0. The van der Waals surface area contributed by atoms with Gasteiger partial charge in [-0.15, -0.1) is 0 Å². The highest BCUT2D eigenvalue weighted by atomic mass is 19.2. The summed E-state index contributed by atoms with van der Waals surface area (Å²) in [5.74, 6) is -3.17. The molecule has 0 radical (unpaired) electrons. The molecule has 0 saturated carbocycles. The van der Waals surface area contributed by atoms with E-state index in [1.165, 1.54) is 0 Å². The molecule has 5 nitrogen and oxygen atoms in total. The molecule has 15 heavy (non-hydrogen) atoms. The minimum atomic E-state index is -1.74. The lowest BCUT2D eigenvalue weighted by atomic mass is 10.2. The van der Waals surface area contributed by atoms with E-state index >= 15 is 0 Å². The van der Waals surface area contributed by atoms with Crippen molar-refractivity contribution < 1.29 is 23.0 Å². The van der Waals surface area contributed by atoms with Gasteiger partial charge in [0.15, 0.2) is 11.5 Å². The predicted molar refractivity (Wildman–Crippen MR) is 43.6 cm³/mol. The minimum absolute atomic E-state index is 0.527. The Hall–Kier alpha value is -1.83. The van der Waals surface area contributed by atoms with E-state index in [2.05, 4.69) is 4.84 Å². The molecule has 8 heteroatoms. The summed E-state index contributed by atoms with van der Waals surface area (Å²) in [7, 11) is 0.880. The van der Waals surface area contributed by atoms with Gasteiger partial charge >= 0.3 is 5.69 Å². The summed E-state index contributed by atoms with van der Waals surface area (Å²) < 4.78 is 38.4. The Morgan fingerprint density at radius 2 is 2.07 bits per heavy atom. The van der Waals surface area contributed by atoms with Gasteiger partial charge in [0.25, 0.3) is 0 Å². The Kier molecular flexibility index (Phi) is 3.10. The van der Waals surface area contributed by atoms with Crippen LogP contribution in [0.15, 0.2) is 12.1 Å². The van der Waals surface area contributed by atoms with Crippen LogP contribution in [0.4, 0.5) is 24.6 Å². The molecule has 1 aromatic rings. The van der Waals surface area contributed by atoms with Crippen molar-refractivity contribution in [3.8, 4) is 0 Å². The summed E-state index contributed by atoms with van der Waals surface area (Å²) in [6.07, 6.45) is 0. The van der Waals surface area contributed by atoms with Gasteiger partial charge in [0.05, 0.1) is 12.0 Å². The highest BCUT2D eigenvalue weighted by Gasteiger charge is 2.28. The molecule has 0 aromatic heterocycles. The SMILES string of the molecule is CON(F)c1ccc(F)c(F)c1[N+](=O)[O-]. The van der Waals surface area contributed by atoms with Gasteiger partial charge < -0.3 is 0 Å². The first-order valence-electron chi connectivity index (χ1n) is 3.61. The van der Waals surface area contributed by atoms with Crippen molar-refractivity contribution in [1.82, 2.24) is 0 Å². The summed E-state index contributed by atoms with van der Waals surface area (Å²) in [4.78, 5) is 13.1. The first kappa shape index (κ1) is 11.2. The van der Waals surface area contributed by atoms with Gasteiger partial charge in [0.1, 0.15) is 0 Å². The average Bonchev–Trinajstić information content (AvgIpc) is 2.20.